The fourth-order valence-corrected chi connectivity index (χ4v) is 3.04. The van der Waals surface area contributed by atoms with Gasteiger partial charge < -0.3 is 20.4 Å². The van der Waals surface area contributed by atoms with Crippen LogP contribution >= 0.6 is 0 Å². The fourth-order valence-electron chi connectivity index (χ4n) is 3.04. The van der Waals surface area contributed by atoms with Crippen molar-refractivity contribution in [1.29, 1.82) is 0 Å². The number of ether oxygens (including phenoxy) is 1. The Morgan fingerprint density at radius 2 is 2.09 bits per heavy atom. The summed E-state index contributed by atoms with van der Waals surface area (Å²) in [5.74, 6) is -0.413. The highest BCUT2D eigenvalue weighted by atomic mass is 16.5. The van der Waals surface area contributed by atoms with Gasteiger partial charge >= 0.3 is 5.97 Å². The molecule has 1 aromatic heterocycles. The molecule has 2 atom stereocenters. The van der Waals surface area contributed by atoms with E-state index in [1.54, 1.807) is 0 Å². The van der Waals surface area contributed by atoms with Gasteiger partial charge in [0.05, 0.1) is 7.11 Å². The fraction of sp³-hybridized carbons (Fsp3) is 0.412. The minimum atomic E-state index is -0.345. The van der Waals surface area contributed by atoms with Crippen LogP contribution in [-0.4, -0.2) is 42.6 Å². The second-order valence-corrected chi connectivity index (χ2v) is 6.03. The van der Waals surface area contributed by atoms with Gasteiger partial charge in [0.15, 0.2) is 0 Å². The van der Waals surface area contributed by atoms with E-state index in [1.807, 2.05) is 32.0 Å². The van der Waals surface area contributed by atoms with E-state index in [0.29, 0.717) is 18.5 Å². The molecule has 23 heavy (non-hydrogen) atoms. The molecule has 1 aliphatic heterocycles. The van der Waals surface area contributed by atoms with E-state index in [0.717, 1.165) is 22.2 Å². The lowest BCUT2D eigenvalue weighted by Gasteiger charge is -2.12. The Labute approximate surface area is 134 Å². The molecular weight excluding hydrogens is 294 g/mol. The molecule has 1 aliphatic rings. The third-order valence-corrected chi connectivity index (χ3v) is 4.52. The number of carbonyl (C=O) groups is 2. The molecule has 0 unspecified atom stereocenters. The molecule has 0 aliphatic carbocycles. The maximum atomic E-state index is 12.4. The van der Waals surface area contributed by atoms with Crippen molar-refractivity contribution in [1.82, 2.24) is 15.6 Å². The van der Waals surface area contributed by atoms with Crippen molar-refractivity contribution >= 4 is 22.8 Å². The molecule has 3 rings (SSSR count). The number of amides is 1. The third kappa shape index (κ3) is 2.94. The number of aryl methyl sites for hydroxylation is 2. The molecule has 0 bridgehead atoms. The van der Waals surface area contributed by atoms with Gasteiger partial charge in [-0.25, -0.2) is 0 Å². The molecule has 0 saturated carbocycles. The summed E-state index contributed by atoms with van der Waals surface area (Å²) in [4.78, 5) is 27.2. The summed E-state index contributed by atoms with van der Waals surface area (Å²) in [6, 6.07) is 5.23. The maximum Gasteiger partial charge on any atom is 0.322 e. The Kier molecular flexibility index (Phi) is 4.09. The molecule has 1 amide bonds. The zero-order chi connectivity index (χ0) is 16.6. The Morgan fingerprint density at radius 1 is 1.30 bits per heavy atom. The molecular formula is C17H21N3O3. The Bertz CT molecular complexity index is 766. The lowest BCUT2D eigenvalue weighted by molar-refractivity contribution is -0.142. The quantitative estimate of drug-likeness (QED) is 0.748. The minimum absolute atomic E-state index is 0.0728. The first kappa shape index (κ1) is 15.6. The second kappa shape index (κ2) is 6.04. The molecule has 1 fully saturated rings. The van der Waals surface area contributed by atoms with E-state index in [1.165, 1.54) is 7.11 Å². The molecule has 2 heterocycles. The smallest absolute Gasteiger partial charge is 0.322 e. The van der Waals surface area contributed by atoms with E-state index in [9.17, 15) is 9.59 Å². The van der Waals surface area contributed by atoms with Crippen molar-refractivity contribution in [3.05, 3.63) is 35.0 Å². The van der Waals surface area contributed by atoms with Crippen LogP contribution in [0.3, 0.4) is 0 Å². The first-order valence-corrected chi connectivity index (χ1v) is 7.70. The van der Waals surface area contributed by atoms with Gasteiger partial charge in [0.1, 0.15) is 6.04 Å². The lowest BCUT2D eigenvalue weighted by atomic mass is 10.1. The van der Waals surface area contributed by atoms with Crippen molar-refractivity contribution in [2.75, 3.05) is 13.7 Å². The standard InChI is InChI=1S/C17H21N3O3/c1-9-10(2)19-14-5-4-11(6-13(9)14)16(21)20-12-7-15(18-8-12)17(22)23-3/h4-6,12,15,18-19H,7-8H2,1-3H3,(H,20,21)/t12-,15+/m1/s1. The van der Waals surface area contributed by atoms with E-state index in [4.69, 9.17) is 4.74 Å². The summed E-state index contributed by atoms with van der Waals surface area (Å²) >= 11 is 0. The van der Waals surface area contributed by atoms with Crippen molar-refractivity contribution in [3.8, 4) is 0 Å². The lowest BCUT2D eigenvalue weighted by Crippen LogP contribution is -2.36. The van der Waals surface area contributed by atoms with E-state index < -0.39 is 0 Å². The van der Waals surface area contributed by atoms with Crippen molar-refractivity contribution < 1.29 is 14.3 Å². The zero-order valence-electron chi connectivity index (χ0n) is 13.5. The average Bonchev–Trinajstić information content (AvgIpc) is 3.12. The number of rotatable bonds is 3. The molecule has 6 heteroatoms. The summed E-state index contributed by atoms with van der Waals surface area (Å²) < 4.78 is 4.72. The number of H-pyrrole nitrogens is 1. The highest BCUT2D eigenvalue weighted by Gasteiger charge is 2.31. The number of carbonyl (C=O) groups excluding carboxylic acids is 2. The molecule has 3 N–H and O–H groups in total. The van der Waals surface area contributed by atoms with Crippen molar-refractivity contribution in [2.24, 2.45) is 0 Å². The van der Waals surface area contributed by atoms with Crippen LogP contribution in [-0.2, 0) is 9.53 Å². The van der Waals surface area contributed by atoms with Crippen LogP contribution in [0.5, 0.6) is 0 Å². The molecule has 1 aromatic carbocycles. The summed E-state index contributed by atoms with van der Waals surface area (Å²) in [5, 5.41) is 7.10. The Hall–Kier alpha value is -2.34. The first-order chi connectivity index (χ1) is 11.0. The normalized spacial score (nSPS) is 20.7. The predicted molar refractivity (Wildman–Crippen MR) is 87.5 cm³/mol. The van der Waals surface area contributed by atoms with Crippen LogP contribution in [0.4, 0.5) is 0 Å². The van der Waals surface area contributed by atoms with Crippen LogP contribution in [0.25, 0.3) is 10.9 Å². The molecule has 2 aromatic rings. The van der Waals surface area contributed by atoms with E-state index in [2.05, 4.69) is 15.6 Å². The van der Waals surface area contributed by atoms with Crippen LogP contribution in [0.15, 0.2) is 18.2 Å². The summed E-state index contributed by atoms with van der Waals surface area (Å²) in [5.41, 5.74) is 3.92. The number of esters is 1. The van der Waals surface area contributed by atoms with Gasteiger partial charge in [-0.2, -0.15) is 0 Å². The van der Waals surface area contributed by atoms with Gasteiger partial charge in [-0.1, -0.05) is 0 Å². The Morgan fingerprint density at radius 3 is 2.83 bits per heavy atom. The van der Waals surface area contributed by atoms with Crippen LogP contribution in [0.1, 0.15) is 28.0 Å². The number of hydrogen-bond acceptors (Lipinski definition) is 4. The van der Waals surface area contributed by atoms with E-state index >= 15 is 0 Å². The van der Waals surface area contributed by atoms with Crippen molar-refractivity contribution in [3.63, 3.8) is 0 Å². The molecule has 1 saturated heterocycles. The zero-order valence-corrected chi connectivity index (χ0v) is 13.5. The first-order valence-electron chi connectivity index (χ1n) is 7.70. The monoisotopic (exact) mass is 315 g/mol. The molecule has 0 radical (unpaired) electrons. The highest BCUT2D eigenvalue weighted by Crippen LogP contribution is 2.22. The number of methoxy groups -OCH3 is 1. The van der Waals surface area contributed by atoms with E-state index in [-0.39, 0.29) is 24.0 Å². The molecule has 122 valence electrons. The summed E-state index contributed by atoms with van der Waals surface area (Å²) in [6.45, 7) is 4.62. The molecule has 0 spiro atoms. The van der Waals surface area contributed by atoms with Crippen LogP contribution in [0, 0.1) is 13.8 Å². The predicted octanol–water partition coefficient (Wildman–Crippen LogP) is 1.42. The van der Waals surface area contributed by atoms with Gasteiger partial charge in [0.25, 0.3) is 5.91 Å². The van der Waals surface area contributed by atoms with Gasteiger partial charge in [0.2, 0.25) is 0 Å². The Balaban J connectivity index is 1.71. The molecule has 6 nitrogen and oxygen atoms in total. The summed E-state index contributed by atoms with van der Waals surface area (Å²) in [7, 11) is 1.37. The number of fused-ring (bicyclic) bond motifs is 1. The number of aromatic amines is 1. The van der Waals surface area contributed by atoms with Gasteiger partial charge in [0, 0.05) is 34.7 Å². The topological polar surface area (TPSA) is 83.2 Å². The van der Waals surface area contributed by atoms with Gasteiger partial charge in [-0.15, -0.1) is 0 Å². The SMILES string of the molecule is COC(=O)[C@@H]1C[C@@H](NC(=O)c2ccc3[nH]c(C)c(C)c3c2)CN1. The number of benzene rings is 1. The second-order valence-electron chi connectivity index (χ2n) is 6.03. The van der Waals surface area contributed by atoms with Crippen molar-refractivity contribution in [2.45, 2.75) is 32.4 Å². The average molecular weight is 315 g/mol. The highest BCUT2D eigenvalue weighted by molar-refractivity contribution is 5.99. The maximum absolute atomic E-state index is 12.4. The van der Waals surface area contributed by atoms with Crippen LogP contribution in [0.2, 0.25) is 0 Å². The number of nitrogens with one attached hydrogen (secondary N) is 3. The largest absolute Gasteiger partial charge is 0.468 e. The number of hydrogen-bond donors (Lipinski definition) is 3. The number of aromatic nitrogens is 1. The van der Waals surface area contributed by atoms with Crippen LogP contribution < -0.4 is 10.6 Å². The third-order valence-electron chi connectivity index (χ3n) is 4.52. The van der Waals surface area contributed by atoms with Gasteiger partial charge in [-0.05, 0) is 44.0 Å². The van der Waals surface area contributed by atoms with Gasteiger partial charge in [-0.3, -0.25) is 9.59 Å². The minimum Gasteiger partial charge on any atom is -0.468 e. The summed E-state index contributed by atoms with van der Waals surface area (Å²) in [6.07, 6.45) is 0.545.